The summed E-state index contributed by atoms with van der Waals surface area (Å²) < 4.78 is 0. The Balaban J connectivity index is 2.03. The van der Waals surface area contributed by atoms with Gasteiger partial charge < -0.3 is 10.7 Å². The summed E-state index contributed by atoms with van der Waals surface area (Å²) in [5.41, 5.74) is 8.76. The second-order valence-electron chi connectivity index (χ2n) is 5.74. The van der Waals surface area contributed by atoms with Gasteiger partial charge in [0.25, 0.3) is 0 Å². The Morgan fingerprint density at radius 2 is 2.10 bits per heavy atom. The number of nitrogens with two attached hydrogens (primary N) is 1. The molecule has 4 N–H and O–H groups in total. The molecule has 0 spiro atoms. The van der Waals surface area contributed by atoms with E-state index in [1.54, 1.807) is 0 Å². The van der Waals surface area contributed by atoms with E-state index in [1.807, 2.05) is 24.4 Å². The maximum Gasteiger partial charge on any atom is 0.153 e. The zero-order chi connectivity index (χ0) is 14.3. The van der Waals surface area contributed by atoms with Crippen LogP contribution in [0.25, 0.3) is 22.2 Å². The Morgan fingerprint density at radius 3 is 2.85 bits per heavy atom. The summed E-state index contributed by atoms with van der Waals surface area (Å²) in [4.78, 5) is 8.00. The largest absolute Gasteiger partial charge is 0.382 e. The number of fused-ring (bicyclic) bond motifs is 1. The van der Waals surface area contributed by atoms with E-state index in [2.05, 4.69) is 36.0 Å². The van der Waals surface area contributed by atoms with Crippen LogP contribution in [0.1, 0.15) is 33.0 Å². The monoisotopic (exact) mass is 269 g/mol. The van der Waals surface area contributed by atoms with E-state index in [0.29, 0.717) is 5.82 Å². The first-order valence-electron chi connectivity index (χ1n) is 6.81. The van der Waals surface area contributed by atoms with Gasteiger partial charge >= 0.3 is 0 Å². The quantitative estimate of drug-likeness (QED) is 0.682. The van der Waals surface area contributed by atoms with E-state index in [1.165, 1.54) is 0 Å². The zero-order valence-electron chi connectivity index (χ0n) is 12.0. The van der Waals surface area contributed by atoms with Crippen molar-refractivity contribution in [3.8, 4) is 11.3 Å². The highest BCUT2D eigenvalue weighted by molar-refractivity contribution is 5.91. The van der Waals surface area contributed by atoms with Crippen LogP contribution >= 0.6 is 0 Å². The molecule has 0 fully saturated rings. The maximum absolute atomic E-state index is 5.78. The molecule has 0 radical (unpaired) electrons. The summed E-state index contributed by atoms with van der Waals surface area (Å²) >= 11 is 0. The number of anilines is 1. The number of hydrogen-bond acceptors (Lipinski definition) is 3. The standard InChI is InChI=1S/C15H19N5/c1-4-15(2,3)14-17-8-12(18-14)9-5-6-10-11(7-9)19-20-13(10)16/h5-8H,4H2,1-3H3,(H,17,18)(H3,16,19,20). The van der Waals surface area contributed by atoms with Crippen LogP contribution in [0.15, 0.2) is 24.4 Å². The number of aromatic amines is 2. The summed E-state index contributed by atoms with van der Waals surface area (Å²) in [6.45, 7) is 6.55. The number of H-pyrrole nitrogens is 2. The third kappa shape index (κ3) is 1.95. The molecule has 2 heterocycles. The van der Waals surface area contributed by atoms with Crippen molar-refractivity contribution >= 4 is 16.7 Å². The molecule has 0 unspecified atom stereocenters. The molecule has 0 amide bonds. The molecule has 0 aliphatic rings. The molecule has 104 valence electrons. The van der Waals surface area contributed by atoms with Crippen molar-refractivity contribution < 1.29 is 0 Å². The predicted octanol–water partition coefficient (Wildman–Crippen LogP) is 3.22. The summed E-state index contributed by atoms with van der Waals surface area (Å²) in [6.07, 6.45) is 2.99. The molecule has 0 bridgehead atoms. The first-order valence-corrected chi connectivity index (χ1v) is 6.81. The average Bonchev–Trinajstić information content (AvgIpc) is 3.06. The molecule has 5 heteroatoms. The summed E-state index contributed by atoms with van der Waals surface area (Å²) in [5.74, 6) is 1.54. The second kappa shape index (κ2) is 4.37. The first-order chi connectivity index (χ1) is 9.51. The van der Waals surface area contributed by atoms with Gasteiger partial charge in [-0.15, -0.1) is 0 Å². The van der Waals surface area contributed by atoms with E-state index in [9.17, 15) is 0 Å². The third-order valence-corrected chi connectivity index (χ3v) is 3.99. The number of rotatable bonds is 3. The number of benzene rings is 1. The molecule has 0 aliphatic heterocycles. The number of nitrogens with zero attached hydrogens (tertiary/aromatic N) is 2. The molecule has 0 saturated carbocycles. The fourth-order valence-electron chi connectivity index (χ4n) is 2.18. The molecule has 5 nitrogen and oxygen atoms in total. The van der Waals surface area contributed by atoms with Crippen LogP contribution in [0.4, 0.5) is 5.82 Å². The zero-order valence-corrected chi connectivity index (χ0v) is 12.0. The van der Waals surface area contributed by atoms with Crippen molar-refractivity contribution in [1.82, 2.24) is 20.2 Å². The molecule has 3 rings (SSSR count). The first kappa shape index (κ1) is 12.7. The van der Waals surface area contributed by atoms with Gasteiger partial charge in [-0.05, 0) is 18.6 Å². The highest BCUT2D eigenvalue weighted by atomic mass is 15.1. The lowest BCUT2D eigenvalue weighted by molar-refractivity contribution is 0.478. The lowest BCUT2D eigenvalue weighted by Crippen LogP contribution is -2.17. The van der Waals surface area contributed by atoms with Gasteiger partial charge in [0.05, 0.1) is 11.2 Å². The minimum Gasteiger partial charge on any atom is -0.382 e. The van der Waals surface area contributed by atoms with Crippen molar-refractivity contribution in [2.45, 2.75) is 32.6 Å². The molecule has 3 aromatic rings. The van der Waals surface area contributed by atoms with Crippen LogP contribution in [-0.4, -0.2) is 20.2 Å². The van der Waals surface area contributed by atoms with Gasteiger partial charge in [0.2, 0.25) is 0 Å². The van der Waals surface area contributed by atoms with Gasteiger partial charge in [-0.1, -0.05) is 26.8 Å². The number of hydrogen-bond donors (Lipinski definition) is 3. The topological polar surface area (TPSA) is 83.4 Å². The fraction of sp³-hybridized carbons (Fsp3) is 0.333. The van der Waals surface area contributed by atoms with E-state index in [0.717, 1.165) is 34.4 Å². The van der Waals surface area contributed by atoms with Crippen LogP contribution in [0, 0.1) is 0 Å². The Labute approximate surface area is 117 Å². The van der Waals surface area contributed by atoms with Gasteiger partial charge in [-0.3, -0.25) is 5.10 Å². The molecule has 20 heavy (non-hydrogen) atoms. The Bertz CT molecular complexity index is 751. The van der Waals surface area contributed by atoms with Gasteiger partial charge in [-0.25, -0.2) is 4.98 Å². The van der Waals surface area contributed by atoms with Gasteiger partial charge in [0.15, 0.2) is 5.82 Å². The lowest BCUT2D eigenvalue weighted by Gasteiger charge is -2.19. The van der Waals surface area contributed by atoms with Gasteiger partial charge in [-0.2, -0.15) is 5.10 Å². The SMILES string of the molecule is CCC(C)(C)c1nc(-c2ccc3c(N)n[nH]c3c2)c[nH]1. The Morgan fingerprint density at radius 1 is 1.30 bits per heavy atom. The second-order valence-corrected chi connectivity index (χ2v) is 5.74. The van der Waals surface area contributed by atoms with E-state index >= 15 is 0 Å². The smallest absolute Gasteiger partial charge is 0.153 e. The average molecular weight is 269 g/mol. The van der Waals surface area contributed by atoms with Crippen molar-refractivity contribution in [1.29, 1.82) is 0 Å². The van der Waals surface area contributed by atoms with Gasteiger partial charge in [0.1, 0.15) is 5.82 Å². The Kier molecular flexibility index (Phi) is 2.78. The summed E-state index contributed by atoms with van der Waals surface area (Å²) in [7, 11) is 0. The highest BCUT2D eigenvalue weighted by Gasteiger charge is 2.22. The maximum atomic E-state index is 5.78. The predicted molar refractivity (Wildman–Crippen MR) is 81.4 cm³/mol. The van der Waals surface area contributed by atoms with Crippen LogP contribution in [0.2, 0.25) is 0 Å². The highest BCUT2D eigenvalue weighted by Crippen LogP contribution is 2.28. The van der Waals surface area contributed by atoms with Crippen LogP contribution in [-0.2, 0) is 5.41 Å². The fourth-order valence-corrected chi connectivity index (χ4v) is 2.18. The third-order valence-electron chi connectivity index (χ3n) is 3.99. The minimum atomic E-state index is 0.0563. The van der Waals surface area contributed by atoms with Crippen LogP contribution in [0.3, 0.4) is 0 Å². The lowest BCUT2D eigenvalue weighted by atomic mass is 9.89. The number of nitrogens with one attached hydrogen (secondary N) is 2. The summed E-state index contributed by atoms with van der Waals surface area (Å²) in [5, 5.41) is 7.89. The number of imidazole rings is 1. The molecule has 2 aromatic heterocycles. The van der Waals surface area contributed by atoms with Gasteiger partial charge in [0, 0.05) is 22.6 Å². The van der Waals surface area contributed by atoms with Crippen molar-refractivity contribution in [2.24, 2.45) is 0 Å². The molecule has 0 saturated heterocycles. The van der Waals surface area contributed by atoms with E-state index in [4.69, 9.17) is 10.7 Å². The Hall–Kier alpha value is -2.30. The summed E-state index contributed by atoms with van der Waals surface area (Å²) in [6, 6.07) is 6.02. The molecule has 0 atom stereocenters. The van der Waals surface area contributed by atoms with Crippen molar-refractivity contribution in [3.63, 3.8) is 0 Å². The normalized spacial score (nSPS) is 12.2. The minimum absolute atomic E-state index is 0.0563. The number of nitrogen functional groups attached to an aromatic ring is 1. The van der Waals surface area contributed by atoms with E-state index < -0.39 is 0 Å². The number of aromatic nitrogens is 4. The molecule has 1 aromatic carbocycles. The van der Waals surface area contributed by atoms with Crippen LogP contribution < -0.4 is 5.73 Å². The molecular weight excluding hydrogens is 250 g/mol. The van der Waals surface area contributed by atoms with E-state index in [-0.39, 0.29) is 5.41 Å². The molecule has 0 aliphatic carbocycles. The van der Waals surface area contributed by atoms with Crippen LogP contribution in [0.5, 0.6) is 0 Å². The van der Waals surface area contributed by atoms with Crippen molar-refractivity contribution in [3.05, 3.63) is 30.2 Å². The molecular formula is C15H19N5. The van der Waals surface area contributed by atoms with Crippen molar-refractivity contribution in [2.75, 3.05) is 5.73 Å².